The van der Waals surface area contributed by atoms with Gasteiger partial charge >= 0.3 is 0 Å². The first kappa shape index (κ1) is 10.9. The van der Waals surface area contributed by atoms with E-state index >= 15 is 0 Å². The smallest absolute Gasteiger partial charge is 0.0671 e. The van der Waals surface area contributed by atoms with Crippen molar-refractivity contribution in [2.24, 2.45) is 0 Å². The Balaban J connectivity index is 2.97. The van der Waals surface area contributed by atoms with Gasteiger partial charge in [0.1, 0.15) is 0 Å². The standard InChI is InChI=1S/C9H21NO/c1-4-5-6-7-11-9(2)8-10-3/h9-10H,4-8H2,1-3H3. The van der Waals surface area contributed by atoms with Gasteiger partial charge in [-0.2, -0.15) is 0 Å². The van der Waals surface area contributed by atoms with Crippen LogP contribution in [0.25, 0.3) is 0 Å². The van der Waals surface area contributed by atoms with Crippen molar-refractivity contribution in [3.63, 3.8) is 0 Å². The monoisotopic (exact) mass is 159 g/mol. The van der Waals surface area contributed by atoms with Gasteiger partial charge in [-0.25, -0.2) is 0 Å². The van der Waals surface area contributed by atoms with Crippen LogP contribution in [0.2, 0.25) is 0 Å². The molecule has 0 aliphatic heterocycles. The number of rotatable bonds is 7. The summed E-state index contributed by atoms with van der Waals surface area (Å²) >= 11 is 0. The number of unbranched alkanes of at least 4 members (excludes halogenated alkanes) is 2. The summed E-state index contributed by atoms with van der Waals surface area (Å²) in [6.07, 6.45) is 4.11. The highest BCUT2D eigenvalue weighted by Gasteiger charge is 1.97. The van der Waals surface area contributed by atoms with Gasteiger partial charge in [0.15, 0.2) is 0 Å². The van der Waals surface area contributed by atoms with Crippen LogP contribution in [0, 0.1) is 0 Å². The third-order valence-corrected chi connectivity index (χ3v) is 1.64. The minimum atomic E-state index is 0.358. The Hall–Kier alpha value is -0.0800. The summed E-state index contributed by atoms with van der Waals surface area (Å²) in [4.78, 5) is 0. The SMILES string of the molecule is CCCCCOC(C)CNC. The van der Waals surface area contributed by atoms with E-state index in [2.05, 4.69) is 19.2 Å². The number of nitrogens with one attached hydrogen (secondary N) is 1. The molecule has 0 spiro atoms. The van der Waals surface area contributed by atoms with Crippen LogP contribution >= 0.6 is 0 Å². The van der Waals surface area contributed by atoms with Gasteiger partial charge in [-0.1, -0.05) is 19.8 Å². The molecule has 0 aromatic rings. The summed E-state index contributed by atoms with van der Waals surface area (Å²) in [5, 5.41) is 3.08. The van der Waals surface area contributed by atoms with E-state index < -0.39 is 0 Å². The lowest BCUT2D eigenvalue weighted by atomic mass is 10.3. The lowest BCUT2D eigenvalue weighted by Crippen LogP contribution is -2.23. The topological polar surface area (TPSA) is 21.3 Å². The van der Waals surface area contributed by atoms with Gasteiger partial charge in [0, 0.05) is 13.2 Å². The molecule has 0 aromatic carbocycles. The molecule has 0 saturated heterocycles. The zero-order valence-electron chi connectivity index (χ0n) is 8.02. The van der Waals surface area contributed by atoms with E-state index in [-0.39, 0.29) is 0 Å². The van der Waals surface area contributed by atoms with Gasteiger partial charge in [0.2, 0.25) is 0 Å². The van der Waals surface area contributed by atoms with Crippen molar-refractivity contribution in [1.29, 1.82) is 0 Å². The fraction of sp³-hybridized carbons (Fsp3) is 1.00. The summed E-state index contributed by atoms with van der Waals surface area (Å²) in [5.41, 5.74) is 0. The number of hydrogen-bond acceptors (Lipinski definition) is 2. The molecule has 0 bridgehead atoms. The van der Waals surface area contributed by atoms with Crippen molar-refractivity contribution >= 4 is 0 Å². The van der Waals surface area contributed by atoms with Crippen LogP contribution in [0.1, 0.15) is 33.1 Å². The van der Waals surface area contributed by atoms with Crippen molar-refractivity contribution in [1.82, 2.24) is 5.32 Å². The molecule has 0 aromatic heterocycles. The van der Waals surface area contributed by atoms with Crippen molar-refractivity contribution in [3.05, 3.63) is 0 Å². The first-order valence-corrected chi connectivity index (χ1v) is 4.57. The highest BCUT2D eigenvalue weighted by atomic mass is 16.5. The van der Waals surface area contributed by atoms with Crippen LogP contribution in [-0.2, 0) is 4.74 Å². The maximum atomic E-state index is 5.52. The van der Waals surface area contributed by atoms with Gasteiger partial charge < -0.3 is 10.1 Å². The first-order valence-electron chi connectivity index (χ1n) is 4.57. The Morgan fingerprint density at radius 3 is 2.64 bits per heavy atom. The van der Waals surface area contributed by atoms with Crippen molar-refractivity contribution in [2.45, 2.75) is 39.2 Å². The second kappa shape index (κ2) is 8.02. The van der Waals surface area contributed by atoms with Gasteiger partial charge in [0.05, 0.1) is 6.10 Å². The van der Waals surface area contributed by atoms with Crippen LogP contribution in [0.4, 0.5) is 0 Å². The zero-order valence-corrected chi connectivity index (χ0v) is 8.02. The summed E-state index contributed by atoms with van der Waals surface area (Å²) in [5.74, 6) is 0. The summed E-state index contributed by atoms with van der Waals surface area (Å²) in [7, 11) is 1.95. The molecular formula is C9H21NO. The summed E-state index contributed by atoms with van der Waals surface area (Å²) in [6.45, 7) is 6.17. The van der Waals surface area contributed by atoms with E-state index in [1.165, 1.54) is 19.3 Å². The molecule has 1 atom stereocenters. The van der Waals surface area contributed by atoms with E-state index in [0.29, 0.717) is 6.10 Å². The Labute approximate surface area is 70.3 Å². The second-order valence-corrected chi connectivity index (χ2v) is 2.95. The number of ether oxygens (including phenoxy) is 1. The quantitative estimate of drug-likeness (QED) is 0.572. The van der Waals surface area contributed by atoms with Gasteiger partial charge in [-0.15, -0.1) is 0 Å². The molecule has 0 saturated carbocycles. The molecule has 0 aliphatic carbocycles. The molecule has 0 fully saturated rings. The second-order valence-electron chi connectivity index (χ2n) is 2.95. The first-order chi connectivity index (χ1) is 5.31. The molecule has 2 nitrogen and oxygen atoms in total. The Morgan fingerprint density at radius 1 is 1.36 bits per heavy atom. The van der Waals surface area contributed by atoms with Crippen LogP contribution in [0.5, 0.6) is 0 Å². The molecule has 0 radical (unpaired) electrons. The molecule has 0 rings (SSSR count). The molecule has 0 aliphatic rings. The highest BCUT2D eigenvalue weighted by Crippen LogP contribution is 1.96. The largest absolute Gasteiger partial charge is 0.377 e. The lowest BCUT2D eigenvalue weighted by Gasteiger charge is -2.11. The maximum Gasteiger partial charge on any atom is 0.0671 e. The summed E-state index contributed by atoms with van der Waals surface area (Å²) < 4.78 is 5.52. The highest BCUT2D eigenvalue weighted by molar-refractivity contribution is 4.51. The lowest BCUT2D eigenvalue weighted by molar-refractivity contribution is 0.0646. The van der Waals surface area contributed by atoms with Crippen LogP contribution < -0.4 is 5.32 Å². The molecular weight excluding hydrogens is 138 g/mol. The number of hydrogen-bond donors (Lipinski definition) is 1. The van der Waals surface area contributed by atoms with Crippen LogP contribution in [0.3, 0.4) is 0 Å². The van der Waals surface area contributed by atoms with E-state index in [4.69, 9.17) is 4.74 Å². The average molecular weight is 159 g/mol. The third-order valence-electron chi connectivity index (χ3n) is 1.64. The van der Waals surface area contributed by atoms with Gasteiger partial charge in [-0.05, 0) is 20.4 Å². The van der Waals surface area contributed by atoms with Crippen LogP contribution in [-0.4, -0.2) is 26.3 Å². The fourth-order valence-corrected chi connectivity index (χ4v) is 0.983. The fourth-order valence-electron chi connectivity index (χ4n) is 0.983. The Kier molecular flexibility index (Phi) is 7.96. The normalized spacial score (nSPS) is 13.4. The minimum absolute atomic E-state index is 0.358. The van der Waals surface area contributed by atoms with Crippen molar-refractivity contribution in [3.8, 4) is 0 Å². The van der Waals surface area contributed by atoms with E-state index in [0.717, 1.165) is 13.2 Å². The number of likely N-dealkylation sites (N-methyl/N-ethyl adjacent to an activating group) is 1. The third kappa shape index (κ3) is 7.82. The van der Waals surface area contributed by atoms with E-state index in [1.54, 1.807) is 0 Å². The van der Waals surface area contributed by atoms with Gasteiger partial charge in [0.25, 0.3) is 0 Å². The van der Waals surface area contributed by atoms with Gasteiger partial charge in [-0.3, -0.25) is 0 Å². The predicted molar refractivity (Wildman–Crippen MR) is 48.9 cm³/mol. The maximum absolute atomic E-state index is 5.52. The zero-order chi connectivity index (χ0) is 8.53. The molecule has 0 heterocycles. The minimum Gasteiger partial charge on any atom is -0.377 e. The molecule has 11 heavy (non-hydrogen) atoms. The van der Waals surface area contributed by atoms with E-state index in [9.17, 15) is 0 Å². The molecule has 1 unspecified atom stereocenters. The average Bonchev–Trinajstić information content (AvgIpc) is 1.99. The Morgan fingerprint density at radius 2 is 2.09 bits per heavy atom. The van der Waals surface area contributed by atoms with Crippen LogP contribution in [0.15, 0.2) is 0 Å². The predicted octanol–water partition coefficient (Wildman–Crippen LogP) is 1.80. The van der Waals surface area contributed by atoms with Crippen molar-refractivity contribution < 1.29 is 4.74 Å². The summed E-state index contributed by atoms with van der Waals surface area (Å²) in [6, 6.07) is 0. The molecule has 2 heteroatoms. The Bertz CT molecular complexity index is 76.0. The van der Waals surface area contributed by atoms with Crippen molar-refractivity contribution in [2.75, 3.05) is 20.2 Å². The van der Waals surface area contributed by atoms with E-state index in [1.807, 2.05) is 7.05 Å². The molecule has 1 N–H and O–H groups in total. The molecule has 68 valence electrons. The molecule has 0 amide bonds.